The van der Waals surface area contributed by atoms with Crippen molar-refractivity contribution >= 4 is 28.5 Å². The highest BCUT2D eigenvalue weighted by molar-refractivity contribution is 7.86. The molecule has 1 heterocycles. The lowest BCUT2D eigenvalue weighted by molar-refractivity contribution is -0.187. The molecule has 10 heteroatoms. The van der Waals surface area contributed by atoms with Crippen molar-refractivity contribution < 1.29 is 36.5 Å². The van der Waals surface area contributed by atoms with Crippen LogP contribution in [0.2, 0.25) is 0 Å². The summed E-state index contributed by atoms with van der Waals surface area (Å²) in [6, 6.07) is 6.09. The van der Waals surface area contributed by atoms with Crippen LogP contribution in [-0.4, -0.2) is 52.1 Å². The Morgan fingerprint density at radius 3 is 2.56 bits per heavy atom. The van der Waals surface area contributed by atoms with Gasteiger partial charge >= 0.3 is 11.9 Å². The van der Waals surface area contributed by atoms with Gasteiger partial charge in [-0.05, 0) is 26.0 Å². The number of nitrogens with one attached hydrogen (secondary N) is 1. The van der Waals surface area contributed by atoms with E-state index in [0.29, 0.717) is 6.41 Å². The van der Waals surface area contributed by atoms with Gasteiger partial charge in [-0.1, -0.05) is 17.7 Å². The predicted molar refractivity (Wildman–Crippen MR) is 91.9 cm³/mol. The third-order valence-electron chi connectivity index (χ3n) is 4.04. The van der Waals surface area contributed by atoms with E-state index >= 15 is 0 Å². The second-order valence-corrected chi connectivity index (χ2v) is 7.78. The zero-order valence-electron chi connectivity index (χ0n) is 14.9. The van der Waals surface area contributed by atoms with Crippen molar-refractivity contribution in [2.45, 2.75) is 37.4 Å². The molecule has 3 atom stereocenters. The molecule has 2 rings (SSSR count). The number of amides is 1. The van der Waals surface area contributed by atoms with Crippen LogP contribution in [0.5, 0.6) is 0 Å². The Labute approximate surface area is 157 Å². The Balaban J connectivity index is 2.01. The van der Waals surface area contributed by atoms with Crippen molar-refractivity contribution in [1.82, 2.24) is 5.32 Å². The number of carbonyl (C=O) groups is 3. The molecule has 1 aromatic rings. The van der Waals surface area contributed by atoms with E-state index in [9.17, 15) is 22.8 Å². The van der Waals surface area contributed by atoms with Crippen LogP contribution in [0.15, 0.2) is 29.2 Å². The van der Waals surface area contributed by atoms with Crippen molar-refractivity contribution in [3.8, 4) is 0 Å². The summed E-state index contributed by atoms with van der Waals surface area (Å²) < 4.78 is 39.7. The molecule has 148 valence electrons. The van der Waals surface area contributed by atoms with Crippen LogP contribution in [0, 0.1) is 12.8 Å². The zero-order chi connectivity index (χ0) is 20.0. The molecule has 1 fully saturated rings. The molecule has 1 N–H and O–H groups in total. The molecule has 0 aromatic heterocycles. The Morgan fingerprint density at radius 1 is 1.33 bits per heavy atom. The topological polar surface area (TPSA) is 125 Å². The highest BCUT2D eigenvalue weighted by Gasteiger charge is 2.41. The summed E-state index contributed by atoms with van der Waals surface area (Å²) in [5.41, 5.74) is 0.893. The summed E-state index contributed by atoms with van der Waals surface area (Å²) in [6.07, 6.45) is -1.04. The number of ether oxygens (including phenoxy) is 2. The number of benzene rings is 1. The van der Waals surface area contributed by atoms with Crippen LogP contribution < -0.4 is 5.32 Å². The SMILES string of the molecule is Cc1ccc(S(=O)(=O)OC[C@H](C[C@@H]2OC(=O)C2C)OC(=O)CNC=O)cc1. The number of rotatable bonds is 10. The first kappa shape index (κ1) is 20.8. The van der Waals surface area contributed by atoms with Crippen molar-refractivity contribution in [3.63, 3.8) is 0 Å². The molecule has 0 saturated carbocycles. The second-order valence-electron chi connectivity index (χ2n) is 6.16. The van der Waals surface area contributed by atoms with E-state index in [1.54, 1.807) is 19.1 Å². The lowest BCUT2D eigenvalue weighted by atomic mass is 9.94. The molecular weight excluding hydrogens is 378 g/mol. The standard InChI is InChI=1S/C17H21NO8S/c1-11-3-5-14(6-4-11)27(22,23)24-9-13(25-16(20)8-18-10-19)7-15-12(2)17(21)26-15/h3-6,10,12-13,15H,7-9H2,1-2H3,(H,18,19)/t12?,13-,15-/m0/s1. The summed E-state index contributed by atoms with van der Waals surface area (Å²) in [5.74, 6) is -1.52. The molecule has 0 spiro atoms. The third kappa shape index (κ3) is 5.76. The Kier molecular flexibility index (Phi) is 6.92. The minimum absolute atomic E-state index is 0.0239. The van der Waals surface area contributed by atoms with Crippen molar-refractivity contribution in [2.75, 3.05) is 13.2 Å². The molecule has 1 aliphatic heterocycles. The summed E-state index contributed by atoms with van der Waals surface area (Å²) >= 11 is 0. The zero-order valence-corrected chi connectivity index (χ0v) is 15.7. The van der Waals surface area contributed by atoms with Crippen molar-refractivity contribution in [1.29, 1.82) is 0 Å². The van der Waals surface area contributed by atoms with Crippen LogP contribution in [0.3, 0.4) is 0 Å². The molecule has 0 aliphatic carbocycles. The maximum atomic E-state index is 12.3. The fourth-order valence-electron chi connectivity index (χ4n) is 2.39. The first-order valence-electron chi connectivity index (χ1n) is 8.26. The maximum Gasteiger partial charge on any atom is 0.325 e. The number of hydrogen-bond donors (Lipinski definition) is 1. The van der Waals surface area contributed by atoms with Gasteiger partial charge in [0.05, 0.1) is 10.8 Å². The van der Waals surface area contributed by atoms with E-state index in [1.807, 2.05) is 6.92 Å². The number of hydrogen-bond acceptors (Lipinski definition) is 8. The molecule has 1 aromatic carbocycles. The minimum atomic E-state index is -4.04. The smallest absolute Gasteiger partial charge is 0.325 e. The Hall–Kier alpha value is -2.46. The van der Waals surface area contributed by atoms with Gasteiger partial charge in [0.2, 0.25) is 6.41 Å². The van der Waals surface area contributed by atoms with Gasteiger partial charge < -0.3 is 14.8 Å². The third-order valence-corrected chi connectivity index (χ3v) is 5.33. The van der Waals surface area contributed by atoms with Gasteiger partial charge in [0.1, 0.15) is 25.4 Å². The maximum absolute atomic E-state index is 12.3. The molecule has 27 heavy (non-hydrogen) atoms. The van der Waals surface area contributed by atoms with Crippen LogP contribution in [0.25, 0.3) is 0 Å². The number of cyclic esters (lactones) is 1. The second kappa shape index (κ2) is 8.96. The monoisotopic (exact) mass is 399 g/mol. The molecule has 1 amide bonds. The van der Waals surface area contributed by atoms with Crippen LogP contribution in [0.1, 0.15) is 18.9 Å². The van der Waals surface area contributed by atoms with Gasteiger partial charge in [0.15, 0.2) is 0 Å². The normalized spacial score (nSPS) is 20.1. The van der Waals surface area contributed by atoms with Gasteiger partial charge in [-0.2, -0.15) is 8.42 Å². The van der Waals surface area contributed by atoms with E-state index in [2.05, 4.69) is 5.32 Å². The molecule has 1 unspecified atom stereocenters. The number of esters is 2. The highest BCUT2D eigenvalue weighted by Crippen LogP contribution is 2.27. The molecule has 1 saturated heterocycles. The molecule has 0 bridgehead atoms. The van der Waals surface area contributed by atoms with E-state index in [4.69, 9.17) is 13.7 Å². The van der Waals surface area contributed by atoms with Crippen molar-refractivity contribution in [2.24, 2.45) is 5.92 Å². The average molecular weight is 399 g/mol. The Bertz CT molecular complexity index is 790. The predicted octanol–water partition coefficient (Wildman–Crippen LogP) is 0.310. The van der Waals surface area contributed by atoms with Crippen LogP contribution in [-0.2, 0) is 38.2 Å². The molecule has 1 aliphatic rings. The number of carbonyl (C=O) groups excluding carboxylic acids is 3. The molecule has 9 nitrogen and oxygen atoms in total. The van der Waals surface area contributed by atoms with Gasteiger partial charge in [0.25, 0.3) is 10.1 Å². The van der Waals surface area contributed by atoms with E-state index in [-0.39, 0.29) is 29.7 Å². The first-order chi connectivity index (χ1) is 12.7. The Morgan fingerprint density at radius 2 is 2.00 bits per heavy atom. The van der Waals surface area contributed by atoms with Gasteiger partial charge in [-0.3, -0.25) is 18.6 Å². The molecular formula is C17H21NO8S. The number of aryl methyl sites for hydroxylation is 1. The fourth-order valence-corrected chi connectivity index (χ4v) is 3.33. The van der Waals surface area contributed by atoms with Crippen molar-refractivity contribution in [3.05, 3.63) is 29.8 Å². The van der Waals surface area contributed by atoms with Gasteiger partial charge in [-0.25, -0.2) is 0 Å². The van der Waals surface area contributed by atoms with E-state index in [1.165, 1.54) is 12.1 Å². The summed E-state index contributed by atoms with van der Waals surface area (Å²) in [4.78, 5) is 33.2. The summed E-state index contributed by atoms with van der Waals surface area (Å²) in [6.45, 7) is 2.67. The van der Waals surface area contributed by atoms with Gasteiger partial charge in [-0.15, -0.1) is 0 Å². The fraction of sp³-hybridized carbons (Fsp3) is 0.471. The van der Waals surface area contributed by atoms with Crippen LogP contribution in [0.4, 0.5) is 0 Å². The quantitative estimate of drug-likeness (QED) is 0.339. The lowest BCUT2D eigenvalue weighted by Crippen LogP contribution is -2.46. The van der Waals surface area contributed by atoms with Gasteiger partial charge in [0, 0.05) is 6.42 Å². The average Bonchev–Trinajstić information content (AvgIpc) is 2.64. The summed E-state index contributed by atoms with van der Waals surface area (Å²) in [7, 11) is -4.04. The molecule has 0 radical (unpaired) electrons. The largest absolute Gasteiger partial charge is 0.461 e. The highest BCUT2D eigenvalue weighted by atomic mass is 32.2. The lowest BCUT2D eigenvalue weighted by Gasteiger charge is -2.34. The summed E-state index contributed by atoms with van der Waals surface area (Å²) in [5, 5.41) is 2.15. The van der Waals surface area contributed by atoms with E-state index < -0.39 is 34.9 Å². The van der Waals surface area contributed by atoms with Crippen LogP contribution >= 0.6 is 0 Å². The minimum Gasteiger partial charge on any atom is -0.461 e. The first-order valence-corrected chi connectivity index (χ1v) is 9.67. The van der Waals surface area contributed by atoms with E-state index in [0.717, 1.165) is 5.56 Å².